The SMILES string of the molecule is CCOC(=O)CC(C#N)C=Nc1ccc(OC)cc1. The minimum absolute atomic E-state index is 0.0179. The van der Waals surface area contributed by atoms with Crippen LogP contribution >= 0.6 is 0 Å². The average Bonchev–Trinajstić information content (AvgIpc) is 2.44. The zero-order chi connectivity index (χ0) is 14.1. The van der Waals surface area contributed by atoms with E-state index in [4.69, 9.17) is 14.7 Å². The van der Waals surface area contributed by atoms with Crippen molar-refractivity contribution >= 4 is 17.9 Å². The molecule has 0 saturated heterocycles. The van der Waals surface area contributed by atoms with Crippen molar-refractivity contribution in [2.45, 2.75) is 13.3 Å². The van der Waals surface area contributed by atoms with Crippen LogP contribution in [-0.4, -0.2) is 25.9 Å². The van der Waals surface area contributed by atoms with Crippen molar-refractivity contribution < 1.29 is 14.3 Å². The summed E-state index contributed by atoms with van der Waals surface area (Å²) in [7, 11) is 1.59. The van der Waals surface area contributed by atoms with E-state index in [1.165, 1.54) is 6.21 Å². The normalized spacial score (nSPS) is 11.8. The molecule has 1 unspecified atom stereocenters. The van der Waals surface area contributed by atoms with Crippen molar-refractivity contribution in [3.8, 4) is 11.8 Å². The molecule has 0 aliphatic rings. The van der Waals surface area contributed by atoms with Crippen LogP contribution < -0.4 is 4.74 Å². The smallest absolute Gasteiger partial charge is 0.307 e. The summed E-state index contributed by atoms with van der Waals surface area (Å²) in [5, 5.41) is 8.93. The predicted octanol–water partition coefficient (Wildman–Crippen LogP) is 2.49. The van der Waals surface area contributed by atoms with Gasteiger partial charge in [0.05, 0.1) is 37.8 Å². The highest BCUT2D eigenvalue weighted by Crippen LogP contribution is 2.17. The number of carbonyl (C=O) groups is 1. The largest absolute Gasteiger partial charge is 0.497 e. The molecular weight excluding hydrogens is 244 g/mol. The van der Waals surface area contributed by atoms with E-state index in [1.807, 2.05) is 6.07 Å². The molecule has 100 valence electrons. The van der Waals surface area contributed by atoms with Gasteiger partial charge >= 0.3 is 5.97 Å². The first-order chi connectivity index (χ1) is 9.19. The molecule has 1 rings (SSSR count). The summed E-state index contributed by atoms with van der Waals surface area (Å²) in [5.74, 6) is -0.237. The first-order valence-corrected chi connectivity index (χ1v) is 5.93. The average molecular weight is 260 g/mol. The Balaban J connectivity index is 2.61. The third kappa shape index (κ3) is 5.21. The number of hydrogen-bond donors (Lipinski definition) is 0. The van der Waals surface area contributed by atoms with Gasteiger partial charge in [-0.05, 0) is 31.2 Å². The number of rotatable bonds is 6. The van der Waals surface area contributed by atoms with Crippen LogP contribution in [0.5, 0.6) is 5.75 Å². The van der Waals surface area contributed by atoms with E-state index in [0.717, 1.165) is 5.75 Å². The minimum Gasteiger partial charge on any atom is -0.497 e. The maximum absolute atomic E-state index is 11.3. The number of aliphatic imine (C=N–C) groups is 1. The van der Waals surface area contributed by atoms with Gasteiger partial charge in [0.1, 0.15) is 5.75 Å². The van der Waals surface area contributed by atoms with Gasteiger partial charge in [0, 0.05) is 6.21 Å². The first kappa shape index (κ1) is 14.7. The highest BCUT2D eigenvalue weighted by Gasteiger charge is 2.11. The van der Waals surface area contributed by atoms with Crippen molar-refractivity contribution in [1.82, 2.24) is 0 Å². The summed E-state index contributed by atoms with van der Waals surface area (Å²) < 4.78 is 9.82. The van der Waals surface area contributed by atoms with Crippen molar-refractivity contribution in [3.05, 3.63) is 24.3 Å². The lowest BCUT2D eigenvalue weighted by Gasteiger charge is -2.03. The number of nitriles is 1. The summed E-state index contributed by atoms with van der Waals surface area (Å²) >= 11 is 0. The number of esters is 1. The molecule has 1 atom stereocenters. The molecule has 0 heterocycles. The Kier molecular flexibility index (Phi) is 6.10. The fourth-order valence-electron chi connectivity index (χ4n) is 1.38. The molecule has 0 aliphatic carbocycles. The second-order valence-electron chi connectivity index (χ2n) is 3.72. The molecular formula is C14H16N2O3. The Morgan fingerprint density at radius 1 is 1.47 bits per heavy atom. The van der Waals surface area contributed by atoms with Crippen LogP contribution in [0.25, 0.3) is 0 Å². The van der Waals surface area contributed by atoms with Gasteiger partial charge in [-0.3, -0.25) is 9.79 Å². The predicted molar refractivity (Wildman–Crippen MR) is 71.5 cm³/mol. The number of hydrogen-bond acceptors (Lipinski definition) is 5. The lowest BCUT2D eigenvalue weighted by Crippen LogP contribution is -2.11. The van der Waals surface area contributed by atoms with Crippen LogP contribution in [-0.2, 0) is 9.53 Å². The van der Waals surface area contributed by atoms with Gasteiger partial charge in [0.25, 0.3) is 0 Å². The van der Waals surface area contributed by atoms with Crippen molar-refractivity contribution in [3.63, 3.8) is 0 Å². The second-order valence-corrected chi connectivity index (χ2v) is 3.72. The van der Waals surface area contributed by atoms with Crippen LogP contribution in [0.4, 0.5) is 5.69 Å². The highest BCUT2D eigenvalue weighted by molar-refractivity contribution is 5.78. The fourth-order valence-corrected chi connectivity index (χ4v) is 1.38. The van der Waals surface area contributed by atoms with E-state index >= 15 is 0 Å². The summed E-state index contributed by atoms with van der Waals surface area (Å²) in [4.78, 5) is 15.4. The molecule has 0 fully saturated rings. The molecule has 0 spiro atoms. The van der Waals surface area contributed by atoms with Gasteiger partial charge in [0.2, 0.25) is 0 Å². The Labute approximate surface area is 112 Å². The molecule has 1 aromatic carbocycles. The molecule has 0 radical (unpaired) electrons. The van der Waals surface area contributed by atoms with Crippen LogP contribution in [0, 0.1) is 17.2 Å². The van der Waals surface area contributed by atoms with Gasteiger partial charge in [-0.25, -0.2) is 0 Å². The minimum atomic E-state index is -0.582. The topological polar surface area (TPSA) is 71.7 Å². The van der Waals surface area contributed by atoms with Crippen LogP contribution in [0.15, 0.2) is 29.3 Å². The van der Waals surface area contributed by atoms with Gasteiger partial charge in [0.15, 0.2) is 0 Å². The Morgan fingerprint density at radius 2 is 2.16 bits per heavy atom. The molecule has 0 amide bonds. The van der Waals surface area contributed by atoms with Crippen LogP contribution in [0.3, 0.4) is 0 Å². The molecule has 1 aromatic rings. The number of ether oxygens (including phenoxy) is 2. The number of nitrogens with zero attached hydrogens (tertiary/aromatic N) is 2. The fraction of sp³-hybridized carbons (Fsp3) is 0.357. The van der Waals surface area contributed by atoms with Gasteiger partial charge in [-0.1, -0.05) is 0 Å². The van der Waals surface area contributed by atoms with Gasteiger partial charge in [-0.2, -0.15) is 5.26 Å². The molecule has 0 N–H and O–H groups in total. The van der Waals surface area contributed by atoms with Crippen molar-refractivity contribution in [2.75, 3.05) is 13.7 Å². The zero-order valence-electron chi connectivity index (χ0n) is 11.0. The van der Waals surface area contributed by atoms with E-state index in [1.54, 1.807) is 38.3 Å². The maximum atomic E-state index is 11.3. The third-order valence-electron chi connectivity index (χ3n) is 2.33. The molecule has 5 nitrogen and oxygen atoms in total. The van der Waals surface area contributed by atoms with Gasteiger partial charge in [-0.15, -0.1) is 0 Å². The molecule has 0 aromatic heterocycles. The molecule has 5 heteroatoms. The van der Waals surface area contributed by atoms with E-state index in [2.05, 4.69) is 4.99 Å². The van der Waals surface area contributed by atoms with E-state index in [9.17, 15) is 4.79 Å². The number of carbonyl (C=O) groups excluding carboxylic acids is 1. The Morgan fingerprint density at radius 3 is 2.68 bits per heavy atom. The number of benzene rings is 1. The summed E-state index contributed by atoms with van der Waals surface area (Å²) in [6.07, 6.45) is 1.47. The van der Waals surface area contributed by atoms with Crippen molar-refractivity contribution in [1.29, 1.82) is 5.26 Å². The third-order valence-corrected chi connectivity index (χ3v) is 2.33. The standard InChI is InChI=1S/C14H16N2O3/c1-3-19-14(17)8-11(9-15)10-16-12-4-6-13(18-2)7-5-12/h4-7,10-11H,3,8H2,1-2H3. The van der Waals surface area contributed by atoms with E-state index < -0.39 is 11.9 Å². The maximum Gasteiger partial charge on any atom is 0.307 e. The zero-order valence-corrected chi connectivity index (χ0v) is 11.0. The summed E-state index contributed by atoms with van der Waals surface area (Å²) in [5.41, 5.74) is 0.699. The Bertz CT molecular complexity index is 474. The molecule has 0 bridgehead atoms. The molecule has 19 heavy (non-hydrogen) atoms. The first-order valence-electron chi connectivity index (χ1n) is 5.93. The van der Waals surface area contributed by atoms with Crippen molar-refractivity contribution in [2.24, 2.45) is 10.9 Å². The lowest BCUT2D eigenvalue weighted by atomic mass is 10.1. The highest BCUT2D eigenvalue weighted by atomic mass is 16.5. The Hall–Kier alpha value is -2.35. The van der Waals surface area contributed by atoms with Crippen LogP contribution in [0.2, 0.25) is 0 Å². The number of methoxy groups -OCH3 is 1. The monoisotopic (exact) mass is 260 g/mol. The molecule has 0 saturated carbocycles. The summed E-state index contributed by atoms with van der Waals surface area (Å²) in [6, 6.07) is 9.11. The quantitative estimate of drug-likeness (QED) is 0.582. The van der Waals surface area contributed by atoms with Crippen LogP contribution in [0.1, 0.15) is 13.3 Å². The summed E-state index contributed by atoms with van der Waals surface area (Å²) in [6.45, 7) is 2.04. The van der Waals surface area contributed by atoms with E-state index in [-0.39, 0.29) is 6.42 Å². The second kappa shape index (κ2) is 7.88. The lowest BCUT2D eigenvalue weighted by molar-refractivity contribution is -0.143. The molecule has 0 aliphatic heterocycles. The van der Waals surface area contributed by atoms with Gasteiger partial charge < -0.3 is 9.47 Å². The van der Waals surface area contributed by atoms with E-state index in [0.29, 0.717) is 12.3 Å².